The minimum Gasteiger partial charge on any atom is -0.271 e. The average Bonchev–Trinajstić information content (AvgIpc) is 2.95. The van der Waals surface area contributed by atoms with Gasteiger partial charge in [0.05, 0.1) is 6.04 Å². The summed E-state index contributed by atoms with van der Waals surface area (Å²) < 4.78 is 15.0. The van der Waals surface area contributed by atoms with Crippen LogP contribution in [-0.2, 0) is 6.42 Å². The molecule has 0 saturated carbocycles. The SMILES string of the molecule is NNC(Cc1ccccc1F)c1cccc2ccsc12. The summed E-state index contributed by atoms with van der Waals surface area (Å²) in [6.45, 7) is 0. The molecule has 4 heteroatoms. The van der Waals surface area contributed by atoms with Crippen molar-refractivity contribution in [3.8, 4) is 0 Å². The Morgan fingerprint density at radius 3 is 2.75 bits per heavy atom. The van der Waals surface area contributed by atoms with Crippen LogP contribution in [0.2, 0.25) is 0 Å². The van der Waals surface area contributed by atoms with Gasteiger partial charge >= 0.3 is 0 Å². The number of nitrogens with two attached hydrogens (primary N) is 1. The number of thiophene rings is 1. The van der Waals surface area contributed by atoms with Gasteiger partial charge in [-0.3, -0.25) is 11.3 Å². The van der Waals surface area contributed by atoms with E-state index in [0.29, 0.717) is 12.0 Å². The molecule has 0 amide bonds. The summed E-state index contributed by atoms with van der Waals surface area (Å²) >= 11 is 1.68. The van der Waals surface area contributed by atoms with Crippen LogP contribution in [0.1, 0.15) is 17.2 Å². The zero-order chi connectivity index (χ0) is 13.9. The summed E-state index contributed by atoms with van der Waals surface area (Å²) in [7, 11) is 0. The fraction of sp³-hybridized carbons (Fsp3) is 0.125. The first-order valence-electron chi connectivity index (χ1n) is 6.45. The Hall–Kier alpha value is -1.75. The van der Waals surface area contributed by atoms with Gasteiger partial charge in [-0.05, 0) is 40.4 Å². The van der Waals surface area contributed by atoms with Crippen LogP contribution < -0.4 is 11.3 Å². The molecule has 0 aliphatic rings. The van der Waals surface area contributed by atoms with Crippen LogP contribution in [0.25, 0.3) is 10.1 Å². The smallest absolute Gasteiger partial charge is 0.126 e. The van der Waals surface area contributed by atoms with E-state index in [9.17, 15) is 4.39 Å². The molecule has 1 heterocycles. The van der Waals surface area contributed by atoms with Crippen LogP contribution in [0.5, 0.6) is 0 Å². The van der Waals surface area contributed by atoms with Gasteiger partial charge < -0.3 is 0 Å². The number of nitrogens with one attached hydrogen (secondary N) is 1. The van der Waals surface area contributed by atoms with Crippen molar-refractivity contribution in [1.82, 2.24) is 5.43 Å². The largest absolute Gasteiger partial charge is 0.271 e. The van der Waals surface area contributed by atoms with Crippen LogP contribution in [0, 0.1) is 5.82 Å². The van der Waals surface area contributed by atoms with E-state index in [0.717, 1.165) is 5.56 Å². The van der Waals surface area contributed by atoms with Crippen molar-refractivity contribution < 1.29 is 4.39 Å². The molecule has 0 spiro atoms. The lowest BCUT2D eigenvalue weighted by atomic mass is 9.98. The van der Waals surface area contributed by atoms with Gasteiger partial charge in [-0.1, -0.05) is 36.4 Å². The van der Waals surface area contributed by atoms with Gasteiger partial charge in [0, 0.05) is 4.70 Å². The first kappa shape index (κ1) is 13.2. The monoisotopic (exact) mass is 286 g/mol. The maximum atomic E-state index is 13.8. The summed E-state index contributed by atoms with van der Waals surface area (Å²) in [5.41, 5.74) is 4.60. The minimum absolute atomic E-state index is 0.103. The van der Waals surface area contributed by atoms with E-state index < -0.39 is 0 Å². The van der Waals surface area contributed by atoms with Gasteiger partial charge in [0.2, 0.25) is 0 Å². The summed E-state index contributed by atoms with van der Waals surface area (Å²) in [6.07, 6.45) is 0.528. The molecule has 0 aliphatic carbocycles. The predicted octanol–water partition coefficient (Wildman–Crippen LogP) is 3.79. The molecule has 3 N–H and O–H groups in total. The molecule has 0 bridgehead atoms. The minimum atomic E-state index is -0.189. The number of hydrogen-bond donors (Lipinski definition) is 2. The van der Waals surface area contributed by atoms with Crippen molar-refractivity contribution in [3.63, 3.8) is 0 Å². The Morgan fingerprint density at radius 1 is 1.10 bits per heavy atom. The summed E-state index contributed by atoms with van der Waals surface area (Å²) in [5.74, 6) is 5.51. The van der Waals surface area contributed by atoms with Crippen molar-refractivity contribution in [2.75, 3.05) is 0 Å². The first-order valence-corrected chi connectivity index (χ1v) is 7.33. The fourth-order valence-corrected chi connectivity index (χ4v) is 3.40. The van der Waals surface area contributed by atoms with Crippen LogP contribution in [0.3, 0.4) is 0 Å². The van der Waals surface area contributed by atoms with Crippen LogP contribution in [0.15, 0.2) is 53.9 Å². The van der Waals surface area contributed by atoms with Gasteiger partial charge in [-0.15, -0.1) is 11.3 Å². The third-order valence-corrected chi connectivity index (χ3v) is 4.45. The third-order valence-electron chi connectivity index (χ3n) is 3.47. The van der Waals surface area contributed by atoms with Gasteiger partial charge in [0.15, 0.2) is 0 Å². The van der Waals surface area contributed by atoms with E-state index in [1.165, 1.54) is 16.2 Å². The highest BCUT2D eigenvalue weighted by atomic mass is 32.1. The van der Waals surface area contributed by atoms with E-state index in [2.05, 4.69) is 22.9 Å². The lowest BCUT2D eigenvalue weighted by Gasteiger charge is -2.17. The second kappa shape index (κ2) is 5.71. The summed E-state index contributed by atoms with van der Waals surface area (Å²) in [4.78, 5) is 0. The number of fused-ring (bicyclic) bond motifs is 1. The van der Waals surface area contributed by atoms with Crippen molar-refractivity contribution in [1.29, 1.82) is 0 Å². The Morgan fingerprint density at radius 2 is 1.95 bits per heavy atom. The average molecular weight is 286 g/mol. The lowest BCUT2D eigenvalue weighted by molar-refractivity contribution is 0.532. The number of hydrogen-bond acceptors (Lipinski definition) is 3. The molecule has 102 valence electrons. The molecule has 2 aromatic carbocycles. The number of rotatable bonds is 4. The van der Waals surface area contributed by atoms with Crippen molar-refractivity contribution in [2.24, 2.45) is 5.84 Å². The summed E-state index contributed by atoms with van der Waals surface area (Å²) in [6, 6.07) is 14.9. The molecule has 2 nitrogen and oxygen atoms in total. The molecule has 0 radical (unpaired) electrons. The second-order valence-electron chi connectivity index (χ2n) is 4.70. The third kappa shape index (κ3) is 2.45. The van der Waals surface area contributed by atoms with Gasteiger partial charge in [0.1, 0.15) is 5.82 Å². The molecule has 3 rings (SSSR count). The Labute approximate surface area is 121 Å². The van der Waals surface area contributed by atoms with Gasteiger partial charge in [-0.25, -0.2) is 4.39 Å². The van der Waals surface area contributed by atoms with Crippen LogP contribution >= 0.6 is 11.3 Å². The maximum absolute atomic E-state index is 13.8. The van der Waals surface area contributed by atoms with Crippen molar-refractivity contribution in [2.45, 2.75) is 12.5 Å². The van der Waals surface area contributed by atoms with E-state index in [4.69, 9.17) is 5.84 Å². The maximum Gasteiger partial charge on any atom is 0.126 e. The highest BCUT2D eigenvalue weighted by Gasteiger charge is 2.16. The molecule has 20 heavy (non-hydrogen) atoms. The van der Waals surface area contributed by atoms with Crippen LogP contribution in [0.4, 0.5) is 4.39 Å². The molecule has 1 aromatic heterocycles. The van der Waals surface area contributed by atoms with E-state index in [1.807, 2.05) is 18.2 Å². The molecule has 0 aliphatic heterocycles. The number of benzene rings is 2. The topological polar surface area (TPSA) is 38.0 Å². The standard InChI is InChI=1S/C16H15FN2S/c17-14-7-2-1-4-12(14)10-15(19-18)13-6-3-5-11-8-9-20-16(11)13/h1-9,15,19H,10,18H2. The highest BCUT2D eigenvalue weighted by molar-refractivity contribution is 7.17. The van der Waals surface area contributed by atoms with E-state index in [-0.39, 0.29) is 11.9 Å². The quantitative estimate of drug-likeness (QED) is 0.565. The highest BCUT2D eigenvalue weighted by Crippen LogP contribution is 2.30. The van der Waals surface area contributed by atoms with Gasteiger partial charge in [-0.2, -0.15) is 0 Å². The van der Waals surface area contributed by atoms with E-state index >= 15 is 0 Å². The normalized spacial score (nSPS) is 12.7. The fourth-order valence-electron chi connectivity index (χ4n) is 2.43. The molecule has 0 saturated heterocycles. The molecule has 0 fully saturated rings. The summed E-state index contributed by atoms with van der Waals surface area (Å²) in [5, 5.41) is 3.26. The predicted molar refractivity (Wildman–Crippen MR) is 82.0 cm³/mol. The first-order chi connectivity index (χ1) is 9.79. The molecule has 3 aromatic rings. The second-order valence-corrected chi connectivity index (χ2v) is 5.62. The Balaban J connectivity index is 1.98. The van der Waals surface area contributed by atoms with E-state index in [1.54, 1.807) is 23.5 Å². The van der Waals surface area contributed by atoms with Crippen molar-refractivity contribution >= 4 is 21.4 Å². The zero-order valence-corrected chi connectivity index (χ0v) is 11.7. The van der Waals surface area contributed by atoms with Crippen molar-refractivity contribution in [3.05, 3.63) is 70.9 Å². The number of hydrazine groups is 1. The molecule has 1 unspecified atom stereocenters. The zero-order valence-electron chi connectivity index (χ0n) is 10.8. The Kier molecular flexibility index (Phi) is 3.78. The van der Waals surface area contributed by atoms with Gasteiger partial charge in [0.25, 0.3) is 0 Å². The molecular weight excluding hydrogens is 271 g/mol. The van der Waals surface area contributed by atoms with Crippen LogP contribution in [-0.4, -0.2) is 0 Å². The molecular formula is C16H15FN2S. The molecule has 1 atom stereocenters. The lowest BCUT2D eigenvalue weighted by Crippen LogP contribution is -2.29. The number of halogens is 1. The Bertz CT molecular complexity index is 723.